The third kappa shape index (κ3) is 12.9. The highest BCUT2D eigenvalue weighted by molar-refractivity contribution is 7.65. The molecule has 2 unspecified atom stereocenters. The zero-order valence-corrected chi connectivity index (χ0v) is 26.4. The number of nitrogens with one attached hydrogen (secondary N) is 3. The molecule has 1 aliphatic heterocycles. The van der Waals surface area contributed by atoms with Crippen molar-refractivity contribution in [1.82, 2.24) is 20.9 Å². The number of carbonyl (C=O) groups is 3. The third-order valence-corrected chi connectivity index (χ3v) is 9.48. The number of hydrogen-bond acceptors (Lipinski definition) is 9. The zero-order chi connectivity index (χ0) is 31.4. The molecular formula is C22H35BCl2N4O11P2. The number of halogens is 2. The van der Waals surface area contributed by atoms with Gasteiger partial charge in [0.25, 0.3) is 5.91 Å². The molecule has 1 aromatic rings. The van der Waals surface area contributed by atoms with Crippen LogP contribution in [-0.4, -0.2) is 102 Å². The van der Waals surface area contributed by atoms with Gasteiger partial charge >= 0.3 is 20.8 Å². The van der Waals surface area contributed by atoms with Gasteiger partial charge in [0.1, 0.15) is 6.61 Å². The lowest BCUT2D eigenvalue weighted by molar-refractivity contribution is -0.120. The zero-order valence-electron chi connectivity index (χ0n) is 23.0. The Labute approximate surface area is 254 Å². The van der Waals surface area contributed by atoms with E-state index in [0.29, 0.717) is 24.5 Å². The van der Waals surface area contributed by atoms with Crippen LogP contribution < -0.4 is 16.0 Å². The SMILES string of the molecule is CC(C)C[C@@H](NC(=O)CNC(=O)c1cc(Cl)ccc1Cl)B1OCCN(CCOC(=O)NC([PH](=O)O)P(=O)(O)O)CCO1. The van der Waals surface area contributed by atoms with Crippen molar-refractivity contribution < 1.29 is 52.2 Å². The summed E-state index contributed by atoms with van der Waals surface area (Å²) in [6.07, 6.45) is -0.707. The standard InChI is InChI=1S/C22H35BCl2N4O11P2/c1-14(2)11-18(27-19(30)13-26-20(31)16-12-15(24)3-4-17(16)25)23-39-9-6-29(7-10-40-23)5-8-38-21(32)28-22(41(33)34)42(35,36)37/h3-4,12,14,18,22,41H,5-11,13H2,1-2H3,(H,26,31)(H,27,30)(H,28,32)(H,33,34)(H2,35,36,37)/t18-,22?/m1/s1. The van der Waals surface area contributed by atoms with Gasteiger partial charge < -0.3 is 39.4 Å². The Kier molecular flexibility index (Phi) is 15.2. The summed E-state index contributed by atoms with van der Waals surface area (Å²) in [5.74, 6) is -1.33. The van der Waals surface area contributed by atoms with Crippen LogP contribution in [0.5, 0.6) is 0 Å². The highest BCUT2D eigenvalue weighted by atomic mass is 35.5. The first kappa shape index (κ1) is 36.5. The van der Waals surface area contributed by atoms with Gasteiger partial charge in [-0.2, -0.15) is 0 Å². The lowest BCUT2D eigenvalue weighted by Crippen LogP contribution is -2.54. The molecule has 0 radical (unpaired) electrons. The van der Waals surface area contributed by atoms with Crippen LogP contribution in [0.3, 0.4) is 0 Å². The average Bonchev–Trinajstić information content (AvgIpc) is 2.87. The predicted octanol–water partition coefficient (Wildman–Crippen LogP) is 1.28. The summed E-state index contributed by atoms with van der Waals surface area (Å²) in [6, 6.07) is 4.44. The van der Waals surface area contributed by atoms with Crippen LogP contribution in [0.1, 0.15) is 30.6 Å². The first-order valence-electron chi connectivity index (χ1n) is 12.9. The Bertz CT molecular complexity index is 1150. The van der Waals surface area contributed by atoms with Crippen LogP contribution >= 0.6 is 38.8 Å². The van der Waals surface area contributed by atoms with Crippen molar-refractivity contribution in [2.75, 3.05) is 46.0 Å². The van der Waals surface area contributed by atoms with E-state index in [4.69, 9.17) is 51.9 Å². The number of alkyl carbamates (subject to hydrolysis) is 1. The van der Waals surface area contributed by atoms with E-state index < -0.39 is 52.1 Å². The van der Waals surface area contributed by atoms with Crippen molar-refractivity contribution in [3.8, 4) is 0 Å². The van der Waals surface area contributed by atoms with Crippen molar-refractivity contribution in [2.24, 2.45) is 5.92 Å². The molecule has 42 heavy (non-hydrogen) atoms. The van der Waals surface area contributed by atoms with Crippen molar-refractivity contribution >= 4 is 63.9 Å². The number of nitrogens with zero attached hydrogens (tertiary/aromatic N) is 1. The van der Waals surface area contributed by atoms with E-state index in [2.05, 4.69) is 10.6 Å². The topological polar surface area (TPSA) is 213 Å². The van der Waals surface area contributed by atoms with Crippen molar-refractivity contribution in [2.45, 2.75) is 31.7 Å². The van der Waals surface area contributed by atoms with Crippen LogP contribution in [-0.2, 0) is 28.0 Å². The van der Waals surface area contributed by atoms with Crippen LogP contribution in [0.25, 0.3) is 0 Å². The van der Waals surface area contributed by atoms with E-state index in [9.17, 15) is 23.5 Å². The molecule has 0 bridgehead atoms. The molecule has 20 heteroatoms. The highest BCUT2D eigenvalue weighted by Crippen LogP contribution is 2.49. The number of rotatable bonds is 13. The maximum Gasteiger partial charge on any atom is 0.480 e. The maximum atomic E-state index is 12.7. The maximum absolute atomic E-state index is 12.7. The molecule has 15 nitrogen and oxygen atoms in total. The van der Waals surface area contributed by atoms with Crippen molar-refractivity contribution in [3.05, 3.63) is 33.8 Å². The molecule has 0 aliphatic carbocycles. The Morgan fingerprint density at radius 1 is 1.17 bits per heavy atom. The van der Waals surface area contributed by atoms with Gasteiger partial charge in [-0.3, -0.25) is 28.9 Å². The number of amides is 3. The van der Waals surface area contributed by atoms with Crippen LogP contribution in [0, 0.1) is 5.92 Å². The van der Waals surface area contributed by atoms with Gasteiger partial charge in [0.05, 0.1) is 23.1 Å². The second-order valence-electron chi connectivity index (χ2n) is 9.67. The Morgan fingerprint density at radius 3 is 2.38 bits per heavy atom. The van der Waals surface area contributed by atoms with E-state index >= 15 is 0 Å². The summed E-state index contributed by atoms with van der Waals surface area (Å²) in [7, 11) is -9.55. The van der Waals surface area contributed by atoms with E-state index in [1.165, 1.54) is 12.1 Å². The van der Waals surface area contributed by atoms with E-state index in [-0.39, 0.29) is 49.4 Å². The Balaban J connectivity index is 1.82. The second kappa shape index (κ2) is 17.6. The van der Waals surface area contributed by atoms with Gasteiger partial charge in [0, 0.05) is 37.9 Å². The molecule has 6 N–H and O–H groups in total. The van der Waals surface area contributed by atoms with Crippen LogP contribution in [0.15, 0.2) is 18.2 Å². The van der Waals surface area contributed by atoms with Crippen molar-refractivity contribution in [1.29, 1.82) is 0 Å². The summed E-state index contributed by atoms with van der Waals surface area (Å²) in [6.45, 7) is 4.94. The summed E-state index contributed by atoms with van der Waals surface area (Å²) in [4.78, 5) is 66.0. The van der Waals surface area contributed by atoms with Gasteiger partial charge in [0.15, 0.2) is 0 Å². The number of benzene rings is 1. The summed E-state index contributed by atoms with van der Waals surface area (Å²) < 4.78 is 39.0. The highest BCUT2D eigenvalue weighted by Gasteiger charge is 2.36. The predicted molar refractivity (Wildman–Crippen MR) is 156 cm³/mol. The fourth-order valence-corrected chi connectivity index (χ4v) is 5.89. The molecular weight excluding hydrogens is 640 g/mol. The molecule has 0 aromatic heterocycles. The van der Waals surface area contributed by atoms with E-state index in [0.717, 1.165) is 0 Å². The summed E-state index contributed by atoms with van der Waals surface area (Å²) >= 11 is 12.0. The van der Waals surface area contributed by atoms with Crippen LogP contribution in [0.4, 0.5) is 4.79 Å². The molecule has 1 aromatic carbocycles. The molecule has 2 rings (SSSR count). The number of ether oxygens (including phenoxy) is 1. The number of carbonyl (C=O) groups excluding carboxylic acids is 3. The minimum atomic E-state index is -5.04. The lowest BCUT2D eigenvalue weighted by Gasteiger charge is -2.31. The molecule has 0 saturated carbocycles. The molecule has 1 heterocycles. The van der Waals surface area contributed by atoms with Gasteiger partial charge in [0.2, 0.25) is 19.5 Å². The van der Waals surface area contributed by atoms with E-state index in [1.807, 2.05) is 18.7 Å². The first-order chi connectivity index (χ1) is 19.7. The molecule has 1 aliphatic rings. The average molecular weight is 675 g/mol. The minimum Gasteiger partial charge on any atom is -0.448 e. The van der Waals surface area contributed by atoms with Gasteiger partial charge in [-0.05, 0) is 30.5 Å². The number of hydrogen-bond donors (Lipinski definition) is 6. The Morgan fingerprint density at radius 2 is 1.81 bits per heavy atom. The third-order valence-electron chi connectivity index (χ3n) is 5.83. The molecule has 3 atom stereocenters. The molecule has 1 saturated heterocycles. The molecule has 0 spiro atoms. The monoisotopic (exact) mass is 674 g/mol. The fraction of sp³-hybridized carbons (Fsp3) is 0.591. The lowest BCUT2D eigenvalue weighted by atomic mass is 9.73. The minimum absolute atomic E-state index is 0.144. The Hall–Kier alpha value is -1.71. The molecule has 3 amide bonds. The van der Waals surface area contributed by atoms with Gasteiger partial charge in [-0.1, -0.05) is 37.0 Å². The van der Waals surface area contributed by atoms with E-state index in [1.54, 1.807) is 11.4 Å². The van der Waals surface area contributed by atoms with Crippen LogP contribution in [0.2, 0.25) is 10.0 Å². The van der Waals surface area contributed by atoms with Crippen molar-refractivity contribution in [3.63, 3.8) is 0 Å². The second-order valence-corrected chi connectivity index (χ2v) is 14.0. The normalized spacial score (nSPS) is 17.0. The van der Waals surface area contributed by atoms with Gasteiger partial charge in [-0.15, -0.1) is 0 Å². The summed E-state index contributed by atoms with van der Waals surface area (Å²) in [5.41, 5.74) is -2.08. The molecule has 1 fully saturated rings. The smallest absolute Gasteiger partial charge is 0.448 e. The summed E-state index contributed by atoms with van der Waals surface area (Å²) in [5, 5.41) is 7.62. The first-order valence-corrected chi connectivity index (χ1v) is 16.7. The largest absolute Gasteiger partial charge is 0.480 e. The van der Waals surface area contributed by atoms with Gasteiger partial charge in [-0.25, -0.2) is 4.79 Å². The fourth-order valence-electron chi connectivity index (χ4n) is 3.85. The molecule has 236 valence electrons. The quantitative estimate of drug-likeness (QED) is 0.129.